The summed E-state index contributed by atoms with van der Waals surface area (Å²) in [5.41, 5.74) is 1.31. The average Bonchev–Trinajstić information content (AvgIpc) is 3.24. The molecule has 3 heterocycles. The fourth-order valence-electron chi connectivity index (χ4n) is 5.70. The Labute approximate surface area is 249 Å². The van der Waals surface area contributed by atoms with E-state index in [1.807, 2.05) is 4.90 Å². The third-order valence-corrected chi connectivity index (χ3v) is 7.72. The Hall–Kier alpha value is -4.69. The van der Waals surface area contributed by atoms with Gasteiger partial charge >= 0.3 is 12.5 Å². The quantitative estimate of drug-likeness (QED) is 0.416. The van der Waals surface area contributed by atoms with Crippen LogP contribution < -0.4 is 24.6 Å². The topological polar surface area (TPSA) is 118 Å². The first kappa shape index (κ1) is 29.4. The second-order valence-electron chi connectivity index (χ2n) is 10.7. The van der Waals surface area contributed by atoms with Gasteiger partial charge in [0.1, 0.15) is 17.5 Å². The van der Waals surface area contributed by atoms with E-state index in [2.05, 4.69) is 10.1 Å². The maximum Gasteiger partial charge on any atom is 0.573 e. The number of nitrogens with zero attached hydrogens (tertiary/aromatic N) is 3. The standard InChI is InChI=1S/C30H27F3N4O7/c1-35(19-11-17(16-36-7-9-42-10-8-36)12-21(14-19)44-30(31,32)33)29(41)43-20-13-18-3-2-4-23-26(18)22(15-20)28(40)37(23)24-5-6-25(38)34-27(24)39/h2-4,11-15,24H,5-10,16H2,1H3,(H,34,38,39). The maximum absolute atomic E-state index is 13.5. The fraction of sp³-hybridized carbons (Fsp3) is 0.333. The molecule has 3 aromatic rings. The van der Waals surface area contributed by atoms with Crippen LogP contribution in [0.15, 0.2) is 48.5 Å². The number of carbonyl (C=O) groups excluding carboxylic acids is 4. The molecule has 11 nitrogen and oxygen atoms in total. The Morgan fingerprint density at radius 1 is 1.07 bits per heavy atom. The van der Waals surface area contributed by atoms with Gasteiger partial charge in [0.25, 0.3) is 5.91 Å². The molecule has 230 valence electrons. The van der Waals surface area contributed by atoms with Crippen molar-refractivity contribution in [3.63, 3.8) is 0 Å². The van der Waals surface area contributed by atoms with E-state index in [9.17, 15) is 32.3 Å². The molecule has 2 fully saturated rings. The summed E-state index contributed by atoms with van der Waals surface area (Å²) in [5.74, 6) is -1.92. The third-order valence-electron chi connectivity index (χ3n) is 7.72. The van der Waals surface area contributed by atoms with Crippen molar-refractivity contribution in [3.05, 3.63) is 59.7 Å². The fourth-order valence-corrected chi connectivity index (χ4v) is 5.70. The summed E-state index contributed by atoms with van der Waals surface area (Å²) in [5, 5.41) is 3.41. The van der Waals surface area contributed by atoms with Crippen LogP contribution in [0.25, 0.3) is 10.8 Å². The predicted octanol–water partition coefficient (Wildman–Crippen LogP) is 3.97. The van der Waals surface area contributed by atoms with E-state index in [0.29, 0.717) is 54.9 Å². The van der Waals surface area contributed by atoms with E-state index >= 15 is 0 Å². The summed E-state index contributed by atoms with van der Waals surface area (Å²) in [6.07, 6.45) is -5.60. The number of hydrogen-bond donors (Lipinski definition) is 1. The van der Waals surface area contributed by atoms with Gasteiger partial charge < -0.3 is 14.2 Å². The minimum atomic E-state index is -4.94. The van der Waals surface area contributed by atoms with Gasteiger partial charge in [-0.05, 0) is 47.7 Å². The predicted molar refractivity (Wildman–Crippen MR) is 151 cm³/mol. The lowest BCUT2D eigenvalue weighted by atomic mass is 10.0. The van der Waals surface area contributed by atoms with Crippen LogP contribution in [-0.2, 0) is 20.9 Å². The number of carbonyl (C=O) groups is 4. The molecule has 4 amide bonds. The molecule has 1 N–H and O–H groups in total. The molecular formula is C30H27F3N4O7. The number of amides is 4. The number of nitrogens with one attached hydrogen (secondary N) is 1. The highest BCUT2D eigenvalue weighted by molar-refractivity contribution is 6.27. The third kappa shape index (κ3) is 5.90. The molecule has 14 heteroatoms. The van der Waals surface area contributed by atoms with E-state index < -0.39 is 42.0 Å². The molecule has 1 atom stereocenters. The Morgan fingerprint density at radius 2 is 1.84 bits per heavy atom. The lowest BCUT2D eigenvalue weighted by Crippen LogP contribution is -2.53. The van der Waals surface area contributed by atoms with E-state index in [-0.39, 0.29) is 29.8 Å². The molecule has 44 heavy (non-hydrogen) atoms. The van der Waals surface area contributed by atoms with Gasteiger partial charge in [0.05, 0.1) is 30.2 Å². The molecule has 0 bridgehead atoms. The number of piperidine rings is 1. The molecular weight excluding hydrogens is 585 g/mol. The summed E-state index contributed by atoms with van der Waals surface area (Å²) < 4.78 is 54.4. The normalized spacial score (nSPS) is 18.9. The smallest absolute Gasteiger partial charge is 0.410 e. The Morgan fingerprint density at radius 3 is 2.57 bits per heavy atom. The molecule has 3 aromatic carbocycles. The Kier molecular flexibility index (Phi) is 7.63. The van der Waals surface area contributed by atoms with Crippen LogP contribution in [0.3, 0.4) is 0 Å². The highest BCUT2D eigenvalue weighted by atomic mass is 19.4. The zero-order chi connectivity index (χ0) is 31.2. The highest BCUT2D eigenvalue weighted by Gasteiger charge is 2.41. The Bertz CT molecular complexity index is 1670. The molecule has 0 spiro atoms. The molecule has 0 aromatic heterocycles. The summed E-state index contributed by atoms with van der Waals surface area (Å²) >= 11 is 0. The van der Waals surface area contributed by atoms with Gasteiger partial charge in [0, 0.05) is 44.6 Å². The summed E-state index contributed by atoms with van der Waals surface area (Å²) in [6.45, 7) is 2.52. The van der Waals surface area contributed by atoms with Gasteiger partial charge in [0.2, 0.25) is 11.8 Å². The van der Waals surface area contributed by atoms with Crippen LogP contribution in [0.4, 0.5) is 29.3 Å². The lowest BCUT2D eigenvalue weighted by Gasteiger charge is -2.30. The van der Waals surface area contributed by atoms with Crippen LogP contribution in [0.5, 0.6) is 11.5 Å². The number of benzene rings is 3. The van der Waals surface area contributed by atoms with Crippen LogP contribution in [0.1, 0.15) is 28.8 Å². The highest BCUT2D eigenvalue weighted by Crippen LogP contribution is 2.42. The van der Waals surface area contributed by atoms with Crippen molar-refractivity contribution in [2.75, 3.05) is 43.2 Å². The van der Waals surface area contributed by atoms with Gasteiger partial charge in [-0.2, -0.15) is 0 Å². The molecule has 0 aliphatic carbocycles. The number of alkyl halides is 3. The summed E-state index contributed by atoms with van der Waals surface area (Å²) in [6, 6.07) is 11.1. The lowest BCUT2D eigenvalue weighted by molar-refractivity contribution is -0.274. The van der Waals surface area contributed by atoms with Gasteiger partial charge in [-0.15, -0.1) is 13.2 Å². The van der Waals surface area contributed by atoms with Crippen LogP contribution in [-0.4, -0.2) is 74.5 Å². The largest absolute Gasteiger partial charge is 0.573 e. The molecule has 1 unspecified atom stereocenters. The number of rotatable bonds is 6. The van der Waals surface area contributed by atoms with Crippen molar-refractivity contribution in [1.82, 2.24) is 10.2 Å². The van der Waals surface area contributed by atoms with Crippen molar-refractivity contribution in [3.8, 4) is 11.5 Å². The van der Waals surface area contributed by atoms with Crippen LogP contribution >= 0.6 is 0 Å². The number of imide groups is 1. The van der Waals surface area contributed by atoms with Gasteiger partial charge in [-0.1, -0.05) is 12.1 Å². The van der Waals surface area contributed by atoms with Crippen LogP contribution in [0.2, 0.25) is 0 Å². The number of halogens is 3. The molecule has 2 saturated heterocycles. The minimum Gasteiger partial charge on any atom is -0.410 e. The second kappa shape index (κ2) is 11.4. The van der Waals surface area contributed by atoms with E-state index in [0.717, 1.165) is 11.0 Å². The van der Waals surface area contributed by atoms with Crippen molar-refractivity contribution < 1.29 is 46.6 Å². The summed E-state index contributed by atoms with van der Waals surface area (Å²) in [4.78, 5) is 55.5. The van der Waals surface area contributed by atoms with Gasteiger partial charge in [-0.25, -0.2) is 4.79 Å². The van der Waals surface area contributed by atoms with Gasteiger partial charge in [0.15, 0.2) is 0 Å². The molecule has 6 rings (SSSR count). The van der Waals surface area contributed by atoms with E-state index in [1.165, 1.54) is 24.1 Å². The SMILES string of the molecule is CN(C(=O)Oc1cc2c3c(cccc3c1)N(C1CCC(=O)NC1=O)C2=O)c1cc(CN2CCOCC2)cc(OC(F)(F)F)c1. The average molecular weight is 613 g/mol. The minimum absolute atomic E-state index is 0.0243. The van der Waals surface area contributed by atoms with Crippen molar-refractivity contribution >= 4 is 46.0 Å². The van der Waals surface area contributed by atoms with Crippen molar-refractivity contribution in [2.45, 2.75) is 31.8 Å². The number of morpholine rings is 1. The molecule has 0 radical (unpaired) electrons. The molecule has 3 aliphatic rings. The van der Waals surface area contributed by atoms with Crippen molar-refractivity contribution in [2.24, 2.45) is 0 Å². The number of anilines is 2. The number of hydrogen-bond acceptors (Lipinski definition) is 8. The van der Waals surface area contributed by atoms with Crippen molar-refractivity contribution in [1.29, 1.82) is 0 Å². The second-order valence-corrected chi connectivity index (χ2v) is 10.7. The zero-order valence-electron chi connectivity index (χ0n) is 23.5. The first-order valence-electron chi connectivity index (χ1n) is 13.9. The van der Waals surface area contributed by atoms with Crippen LogP contribution in [0, 0.1) is 0 Å². The molecule has 0 saturated carbocycles. The maximum atomic E-state index is 13.5. The van der Waals surface area contributed by atoms with E-state index in [1.54, 1.807) is 30.3 Å². The first-order valence-corrected chi connectivity index (χ1v) is 13.9. The monoisotopic (exact) mass is 612 g/mol. The van der Waals surface area contributed by atoms with E-state index in [4.69, 9.17) is 9.47 Å². The summed E-state index contributed by atoms with van der Waals surface area (Å²) in [7, 11) is 1.35. The zero-order valence-corrected chi connectivity index (χ0v) is 23.5. The first-order chi connectivity index (χ1) is 21.0. The molecule has 3 aliphatic heterocycles. The number of ether oxygens (including phenoxy) is 3. The van der Waals surface area contributed by atoms with Gasteiger partial charge in [-0.3, -0.25) is 34.4 Å². The Balaban J connectivity index is 1.26.